The summed E-state index contributed by atoms with van der Waals surface area (Å²) in [7, 11) is 0. The maximum absolute atomic E-state index is 13.2. The Hall–Kier alpha value is -7.07. The van der Waals surface area contributed by atoms with E-state index in [0.717, 1.165) is 9.80 Å². The molecule has 50 heavy (non-hydrogen) atoms. The van der Waals surface area contributed by atoms with Crippen molar-refractivity contribution in [3.63, 3.8) is 0 Å². The summed E-state index contributed by atoms with van der Waals surface area (Å²) in [6, 6.07) is 34.9. The smallest absolute Gasteiger partial charge is 0.340 e. The lowest BCUT2D eigenvalue weighted by molar-refractivity contribution is -0.121. The zero-order chi connectivity index (χ0) is 34.4. The lowest BCUT2D eigenvalue weighted by Crippen LogP contribution is -2.29. The van der Waals surface area contributed by atoms with Crippen LogP contribution in [0.4, 0.5) is 11.4 Å². The van der Waals surface area contributed by atoms with Crippen LogP contribution in [0.1, 0.15) is 27.0 Å². The number of carbonyl (C=O) groups excluding carboxylic acids is 5. The van der Waals surface area contributed by atoms with Crippen LogP contribution in [0.5, 0.6) is 23.0 Å². The second-order valence-electron chi connectivity index (χ2n) is 11.5. The first-order chi connectivity index (χ1) is 24.3. The number of fused-ring (bicyclic) bond motifs is 1. The van der Waals surface area contributed by atoms with Crippen molar-refractivity contribution in [3.8, 4) is 23.0 Å². The van der Waals surface area contributed by atoms with Gasteiger partial charge in [-0.1, -0.05) is 42.5 Å². The van der Waals surface area contributed by atoms with Crippen LogP contribution < -0.4 is 19.3 Å². The molecule has 242 valence electrons. The third-order valence-electron chi connectivity index (χ3n) is 8.57. The Morgan fingerprint density at radius 2 is 0.800 bits per heavy atom. The molecule has 10 nitrogen and oxygen atoms in total. The van der Waals surface area contributed by atoms with Crippen LogP contribution in [-0.4, -0.2) is 29.6 Å². The maximum atomic E-state index is 13.2. The quantitative estimate of drug-likeness (QED) is 0.135. The molecule has 0 bridgehead atoms. The molecule has 0 fully saturated rings. The Morgan fingerprint density at radius 3 is 1.20 bits per heavy atom. The van der Waals surface area contributed by atoms with E-state index in [-0.39, 0.29) is 0 Å². The third-order valence-corrected chi connectivity index (χ3v) is 8.57. The maximum Gasteiger partial charge on any atom is 0.340 e. The molecule has 0 saturated heterocycles. The number of rotatable bonds is 8. The van der Waals surface area contributed by atoms with Crippen molar-refractivity contribution in [1.29, 1.82) is 0 Å². The molecule has 0 aliphatic carbocycles. The van der Waals surface area contributed by atoms with E-state index in [9.17, 15) is 24.0 Å². The van der Waals surface area contributed by atoms with Gasteiger partial charge in [0.25, 0.3) is 23.6 Å². The zero-order valence-corrected chi connectivity index (χ0v) is 26.0. The highest BCUT2D eigenvalue weighted by atomic mass is 16.6. The number of carbonyl (C=O) groups is 5. The average molecular weight is 661 g/mol. The van der Waals surface area contributed by atoms with Crippen LogP contribution >= 0.6 is 0 Å². The van der Waals surface area contributed by atoms with Crippen LogP contribution in [-0.2, 0) is 29.5 Å². The van der Waals surface area contributed by atoms with Crippen molar-refractivity contribution in [2.24, 2.45) is 0 Å². The standard InChI is InChI=1S/C40H24N2O8/c43-35-21-22-36(44)41(35)27-9-17-31(18-10-27)48-29-13-5-25(6-14-29)40(34-4-2-1-3-33(34)39(47)50-40)26-7-15-30(16-8-26)49-32-19-11-28(12-20-32)42-37(45)23-24-38(42)46/h1-24H. The first-order valence-electron chi connectivity index (χ1n) is 15.5. The minimum Gasteiger partial charge on any atom is -0.457 e. The van der Waals surface area contributed by atoms with Crippen LogP contribution in [0.25, 0.3) is 0 Å². The molecule has 3 heterocycles. The Balaban J connectivity index is 1.04. The molecule has 3 aliphatic rings. The van der Waals surface area contributed by atoms with E-state index in [1.807, 2.05) is 36.4 Å². The summed E-state index contributed by atoms with van der Waals surface area (Å²) in [6.45, 7) is 0. The first-order valence-corrected chi connectivity index (χ1v) is 15.5. The SMILES string of the molecule is O=C1OC(c2ccc(Oc3ccc(N4C(=O)C=CC4=O)cc3)cc2)(c2ccc(Oc3ccc(N4C(=O)C=CC4=O)cc3)cc2)c2ccccc21. The Labute approximate surface area is 285 Å². The zero-order valence-electron chi connectivity index (χ0n) is 26.0. The first kappa shape index (κ1) is 30.3. The number of anilines is 2. The fraction of sp³-hybridized carbons (Fsp3) is 0.0250. The Morgan fingerprint density at radius 1 is 0.440 bits per heavy atom. The van der Waals surface area contributed by atoms with E-state index < -0.39 is 35.2 Å². The van der Waals surface area contributed by atoms with E-state index in [0.29, 0.717) is 56.6 Å². The molecule has 8 rings (SSSR count). The summed E-state index contributed by atoms with van der Waals surface area (Å²) >= 11 is 0. The topological polar surface area (TPSA) is 120 Å². The van der Waals surface area contributed by atoms with Gasteiger partial charge in [0.05, 0.1) is 16.9 Å². The Kier molecular flexibility index (Phi) is 7.19. The molecule has 5 aromatic carbocycles. The molecular weight excluding hydrogens is 636 g/mol. The number of benzene rings is 5. The number of hydrogen-bond donors (Lipinski definition) is 0. The van der Waals surface area contributed by atoms with Gasteiger partial charge in [-0.15, -0.1) is 0 Å². The summed E-state index contributed by atoms with van der Waals surface area (Å²) in [4.78, 5) is 63.4. The second-order valence-corrected chi connectivity index (χ2v) is 11.5. The fourth-order valence-corrected chi connectivity index (χ4v) is 6.24. The highest BCUT2D eigenvalue weighted by molar-refractivity contribution is 6.28. The van der Waals surface area contributed by atoms with Gasteiger partial charge in [0, 0.05) is 41.0 Å². The lowest BCUT2D eigenvalue weighted by Gasteiger charge is -2.30. The number of nitrogens with zero attached hydrogens (tertiary/aromatic N) is 2. The molecule has 5 aromatic rings. The molecular formula is C40H24N2O8. The predicted molar refractivity (Wildman–Crippen MR) is 181 cm³/mol. The lowest BCUT2D eigenvalue weighted by atomic mass is 9.80. The summed E-state index contributed by atoms with van der Waals surface area (Å²) < 4.78 is 18.3. The average Bonchev–Trinajstić information content (AvgIpc) is 3.77. The molecule has 3 aliphatic heterocycles. The number of hydrogen-bond acceptors (Lipinski definition) is 8. The van der Waals surface area contributed by atoms with Crippen molar-refractivity contribution in [1.82, 2.24) is 0 Å². The van der Waals surface area contributed by atoms with Gasteiger partial charge in [0.2, 0.25) is 0 Å². The van der Waals surface area contributed by atoms with Crippen molar-refractivity contribution >= 4 is 41.0 Å². The van der Waals surface area contributed by atoms with Crippen LogP contribution in [0.3, 0.4) is 0 Å². The minimum atomic E-state index is -1.25. The van der Waals surface area contributed by atoms with E-state index in [1.165, 1.54) is 24.3 Å². The molecule has 0 spiro atoms. The van der Waals surface area contributed by atoms with E-state index in [4.69, 9.17) is 14.2 Å². The van der Waals surface area contributed by atoms with Gasteiger partial charge in [-0.05, 0) is 78.9 Å². The molecule has 4 amide bonds. The summed E-state index contributed by atoms with van der Waals surface area (Å²) in [5, 5.41) is 0. The molecule has 0 N–H and O–H groups in total. The van der Waals surface area contributed by atoms with Gasteiger partial charge in [-0.2, -0.15) is 0 Å². The van der Waals surface area contributed by atoms with Gasteiger partial charge < -0.3 is 14.2 Å². The molecule has 10 heteroatoms. The van der Waals surface area contributed by atoms with Crippen LogP contribution in [0.15, 0.2) is 146 Å². The number of amides is 4. The number of cyclic esters (lactones) is 1. The molecule has 0 atom stereocenters. The van der Waals surface area contributed by atoms with Crippen LogP contribution in [0.2, 0.25) is 0 Å². The predicted octanol–water partition coefficient (Wildman–Crippen LogP) is 6.59. The van der Waals surface area contributed by atoms with Gasteiger partial charge in [-0.25, -0.2) is 14.6 Å². The van der Waals surface area contributed by atoms with Gasteiger partial charge in [-0.3, -0.25) is 19.2 Å². The highest BCUT2D eigenvalue weighted by Crippen LogP contribution is 2.47. The molecule has 0 radical (unpaired) electrons. The summed E-state index contributed by atoms with van der Waals surface area (Å²) in [5.74, 6) is 0.00445. The van der Waals surface area contributed by atoms with Gasteiger partial charge >= 0.3 is 5.97 Å². The van der Waals surface area contributed by atoms with Crippen molar-refractivity contribution in [2.45, 2.75) is 5.60 Å². The summed E-state index contributed by atoms with van der Waals surface area (Å²) in [5.41, 5.74) is 2.18. The van der Waals surface area contributed by atoms with E-state index in [1.54, 1.807) is 84.9 Å². The number of esters is 1. The van der Waals surface area contributed by atoms with Crippen molar-refractivity contribution in [2.75, 3.05) is 9.80 Å². The largest absolute Gasteiger partial charge is 0.457 e. The number of ether oxygens (including phenoxy) is 3. The minimum absolute atomic E-state index is 0.399. The molecule has 0 aromatic heterocycles. The fourth-order valence-electron chi connectivity index (χ4n) is 6.24. The van der Waals surface area contributed by atoms with Crippen molar-refractivity contribution in [3.05, 3.63) is 168 Å². The molecule has 0 saturated carbocycles. The molecule has 0 unspecified atom stereocenters. The van der Waals surface area contributed by atoms with Crippen molar-refractivity contribution < 1.29 is 38.2 Å². The van der Waals surface area contributed by atoms with Gasteiger partial charge in [0.15, 0.2) is 5.60 Å². The normalized spacial score (nSPS) is 15.9. The second kappa shape index (κ2) is 11.9. The summed E-state index contributed by atoms with van der Waals surface area (Å²) in [6.07, 6.45) is 4.92. The third kappa shape index (κ3) is 5.12. The van der Waals surface area contributed by atoms with Gasteiger partial charge in [0.1, 0.15) is 23.0 Å². The number of imide groups is 2. The van der Waals surface area contributed by atoms with E-state index >= 15 is 0 Å². The van der Waals surface area contributed by atoms with Crippen LogP contribution in [0, 0.1) is 0 Å². The van der Waals surface area contributed by atoms with E-state index in [2.05, 4.69) is 0 Å². The highest BCUT2D eigenvalue weighted by Gasteiger charge is 2.48. The monoisotopic (exact) mass is 660 g/mol. The Bertz CT molecular complexity index is 2110.